The third-order valence-electron chi connectivity index (χ3n) is 3.37. The highest BCUT2D eigenvalue weighted by Crippen LogP contribution is 2.29. The number of hydrazine groups is 1. The number of nitrogens with one attached hydrogen (secondary N) is 1. The van der Waals surface area contributed by atoms with Gasteiger partial charge in [-0.25, -0.2) is 10.8 Å². The van der Waals surface area contributed by atoms with Gasteiger partial charge in [-0.15, -0.1) is 0 Å². The van der Waals surface area contributed by atoms with Crippen LogP contribution >= 0.6 is 0 Å². The quantitative estimate of drug-likeness (QED) is 0.573. The van der Waals surface area contributed by atoms with Crippen LogP contribution in [0.2, 0.25) is 0 Å². The van der Waals surface area contributed by atoms with Crippen LogP contribution in [-0.2, 0) is 6.42 Å². The van der Waals surface area contributed by atoms with Gasteiger partial charge in [0, 0.05) is 12.5 Å². The fraction of sp³-hybridized carbons (Fsp3) is 0.692. The molecular weight excluding hydrogens is 228 g/mol. The fourth-order valence-corrected chi connectivity index (χ4v) is 2.07. The lowest BCUT2D eigenvalue weighted by Gasteiger charge is -2.24. The molecule has 0 bridgehead atoms. The highest BCUT2D eigenvalue weighted by molar-refractivity contribution is 5.36. The third kappa shape index (κ3) is 3.57. The van der Waals surface area contributed by atoms with E-state index >= 15 is 0 Å². The minimum atomic E-state index is 0.618. The molecule has 1 heterocycles. The van der Waals surface area contributed by atoms with Crippen LogP contribution in [0.15, 0.2) is 6.07 Å². The molecule has 0 atom stereocenters. The van der Waals surface area contributed by atoms with E-state index in [2.05, 4.69) is 22.3 Å². The van der Waals surface area contributed by atoms with E-state index in [0.29, 0.717) is 11.7 Å². The highest BCUT2D eigenvalue weighted by Gasteiger charge is 2.17. The summed E-state index contributed by atoms with van der Waals surface area (Å²) in [5.41, 5.74) is 2.56. The number of aryl methyl sites for hydroxylation is 1. The molecule has 0 spiro atoms. The van der Waals surface area contributed by atoms with Crippen molar-refractivity contribution in [3.8, 4) is 5.88 Å². The number of hydrogen-bond acceptors (Lipinski definition) is 5. The van der Waals surface area contributed by atoms with Crippen LogP contribution in [0.4, 0.5) is 5.82 Å². The van der Waals surface area contributed by atoms with Crippen molar-refractivity contribution in [3.63, 3.8) is 0 Å². The van der Waals surface area contributed by atoms with E-state index in [1.165, 1.54) is 19.3 Å². The molecule has 0 aromatic carbocycles. The summed E-state index contributed by atoms with van der Waals surface area (Å²) in [4.78, 5) is 8.67. The molecule has 1 aliphatic rings. The zero-order chi connectivity index (χ0) is 12.8. The molecule has 5 nitrogen and oxygen atoms in total. The molecule has 2 rings (SSSR count). The molecule has 0 saturated heterocycles. The van der Waals surface area contributed by atoms with Crippen molar-refractivity contribution in [1.29, 1.82) is 0 Å². The number of hydrogen-bond donors (Lipinski definition) is 2. The minimum Gasteiger partial charge on any atom is -0.478 e. The van der Waals surface area contributed by atoms with Crippen LogP contribution in [-0.4, -0.2) is 16.6 Å². The Balaban J connectivity index is 1.90. The van der Waals surface area contributed by atoms with Gasteiger partial charge in [-0.3, -0.25) is 0 Å². The van der Waals surface area contributed by atoms with E-state index in [0.717, 1.165) is 37.6 Å². The maximum Gasteiger partial charge on any atom is 0.218 e. The lowest BCUT2D eigenvalue weighted by molar-refractivity contribution is 0.217. The first-order valence-corrected chi connectivity index (χ1v) is 6.79. The number of anilines is 1. The van der Waals surface area contributed by atoms with Gasteiger partial charge in [-0.05, 0) is 18.8 Å². The van der Waals surface area contributed by atoms with E-state index in [-0.39, 0.29) is 0 Å². The molecule has 1 fully saturated rings. The monoisotopic (exact) mass is 250 g/mol. The van der Waals surface area contributed by atoms with Crippen LogP contribution in [0, 0.1) is 5.92 Å². The predicted molar refractivity (Wildman–Crippen MR) is 71.3 cm³/mol. The Morgan fingerprint density at radius 2 is 2.28 bits per heavy atom. The number of nitrogens with zero attached hydrogens (tertiary/aromatic N) is 2. The molecule has 1 aromatic heterocycles. The smallest absolute Gasteiger partial charge is 0.218 e. The molecular formula is C13H22N4O. The first kappa shape index (κ1) is 13.1. The van der Waals surface area contributed by atoms with Crippen molar-refractivity contribution in [1.82, 2.24) is 9.97 Å². The van der Waals surface area contributed by atoms with Crippen molar-refractivity contribution in [2.45, 2.75) is 45.4 Å². The van der Waals surface area contributed by atoms with Crippen molar-refractivity contribution < 1.29 is 4.74 Å². The van der Waals surface area contributed by atoms with Gasteiger partial charge in [-0.1, -0.05) is 26.2 Å². The minimum absolute atomic E-state index is 0.618. The maximum absolute atomic E-state index is 5.70. The van der Waals surface area contributed by atoms with Crippen molar-refractivity contribution in [2.75, 3.05) is 12.0 Å². The second-order valence-corrected chi connectivity index (χ2v) is 4.84. The standard InChI is InChI=1S/C13H22N4O/c1-2-4-11-15-12(17-14)9-13(16-11)18-8-7-10-5-3-6-10/h9-10H,2-8,14H2,1H3,(H,15,16,17). The number of nitrogen functional groups attached to an aromatic ring is 1. The van der Waals surface area contributed by atoms with Crippen molar-refractivity contribution in [2.24, 2.45) is 11.8 Å². The summed E-state index contributed by atoms with van der Waals surface area (Å²) in [5.74, 6) is 8.28. The molecule has 1 aromatic rings. The van der Waals surface area contributed by atoms with E-state index in [4.69, 9.17) is 10.6 Å². The van der Waals surface area contributed by atoms with Crippen LogP contribution in [0.3, 0.4) is 0 Å². The van der Waals surface area contributed by atoms with Crippen LogP contribution in [0.5, 0.6) is 5.88 Å². The third-order valence-corrected chi connectivity index (χ3v) is 3.37. The molecule has 18 heavy (non-hydrogen) atoms. The van der Waals surface area contributed by atoms with Gasteiger partial charge in [0.05, 0.1) is 6.61 Å². The average Bonchev–Trinajstić information content (AvgIpc) is 2.32. The van der Waals surface area contributed by atoms with Gasteiger partial charge in [-0.2, -0.15) is 4.98 Å². The van der Waals surface area contributed by atoms with Gasteiger partial charge in [0.25, 0.3) is 0 Å². The highest BCUT2D eigenvalue weighted by atomic mass is 16.5. The predicted octanol–water partition coefficient (Wildman–Crippen LogP) is 2.28. The van der Waals surface area contributed by atoms with Crippen LogP contribution in [0.25, 0.3) is 0 Å². The molecule has 5 heteroatoms. The van der Waals surface area contributed by atoms with Gasteiger partial charge < -0.3 is 10.2 Å². The molecule has 3 N–H and O–H groups in total. The molecule has 1 aliphatic carbocycles. The Morgan fingerprint density at radius 3 is 2.89 bits per heavy atom. The Kier molecular flexibility index (Phi) is 4.75. The Morgan fingerprint density at radius 1 is 1.44 bits per heavy atom. The second-order valence-electron chi connectivity index (χ2n) is 4.84. The summed E-state index contributed by atoms with van der Waals surface area (Å²) in [6.45, 7) is 2.83. The second kappa shape index (κ2) is 6.54. The normalized spacial score (nSPS) is 15.2. The largest absolute Gasteiger partial charge is 0.478 e. The molecule has 100 valence electrons. The molecule has 0 aliphatic heterocycles. The maximum atomic E-state index is 5.70. The van der Waals surface area contributed by atoms with Gasteiger partial charge in [0.1, 0.15) is 11.6 Å². The summed E-state index contributed by atoms with van der Waals surface area (Å²) in [6.07, 6.45) is 7.05. The lowest BCUT2D eigenvalue weighted by atomic mass is 9.83. The number of nitrogens with two attached hydrogens (primary N) is 1. The Bertz CT molecular complexity index is 379. The molecule has 0 unspecified atom stereocenters. The van der Waals surface area contributed by atoms with E-state index in [9.17, 15) is 0 Å². The van der Waals surface area contributed by atoms with E-state index in [1.54, 1.807) is 6.07 Å². The van der Waals surface area contributed by atoms with E-state index < -0.39 is 0 Å². The molecule has 0 radical (unpaired) electrons. The zero-order valence-corrected chi connectivity index (χ0v) is 11.0. The fourth-order valence-electron chi connectivity index (χ4n) is 2.07. The van der Waals surface area contributed by atoms with Gasteiger partial charge >= 0.3 is 0 Å². The van der Waals surface area contributed by atoms with Crippen LogP contribution in [0.1, 0.15) is 44.9 Å². The Hall–Kier alpha value is -1.36. The summed E-state index contributed by atoms with van der Waals surface area (Å²) in [5, 5.41) is 0. The lowest BCUT2D eigenvalue weighted by Crippen LogP contribution is -2.15. The van der Waals surface area contributed by atoms with E-state index in [1.807, 2.05) is 0 Å². The van der Waals surface area contributed by atoms with Crippen molar-refractivity contribution >= 4 is 5.82 Å². The summed E-state index contributed by atoms with van der Waals surface area (Å²) in [6, 6.07) is 1.75. The average molecular weight is 250 g/mol. The summed E-state index contributed by atoms with van der Waals surface area (Å²) in [7, 11) is 0. The first-order chi connectivity index (χ1) is 8.81. The first-order valence-electron chi connectivity index (χ1n) is 6.79. The molecule has 0 amide bonds. The van der Waals surface area contributed by atoms with Crippen molar-refractivity contribution in [3.05, 3.63) is 11.9 Å². The SMILES string of the molecule is CCCc1nc(NN)cc(OCCC2CCC2)n1. The van der Waals surface area contributed by atoms with Crippen LogP contribution < -0.4 is 16.0 Å². The number of rotatable bonds is 7. The summed E-state index contributed by atoms with van der Waals surface area (Å²) >= 11 is 0. The van der Waals surface area contributed by atoms with Gasteiger partial charge in [0.2, 0.25) is 5.88 Å². The zero-order valence-electron chi connectivity index (χ0n) is 11.0. The number of ether oxygens (including phenoxy) is 1. The molecule has 1 saturated carbocycles. The van der Waals surface area contributed by atoms with Gasteiger partial charge in [0.15, 0.2) is 0 Å². The Labute approximate surface area is 108 Å². The number of aromatic nitrogens is 2. The summed E-state index contributed by atoms with van der Waals surface area (Å²) < 4.78 is 5.70. The topological polar surface area (TPSA) is 73.1 Å².